The zero-order valence-corrected chi connectivity index (χ0v) is 14.5. The first-order valence-corrected chi connectivity index (χ1v) is 7.86. The number of hydrogen-bond acceptors (Lipinski definition) is 2. The Morgan fingerprint density at radius 1 is 1.40 bits per heavy atom. The van der Waals surface area contributed by atoms with Crippen LogP contribution >= 0.6 is 27.5 Å². The summed E-state index contributed by atoms with van der Waals surface area (Å²) in [4.78, 5) is 0. The third-order valence-corrected chi connectivity index (χ3v) is 4.40. The molecule has 3 nitrogen and oxygen atoms in total. The van der Waals surface area contributed by atoms with E-state index in [4.69, 9.17) is 11.6 Å². The quantitative estimate of drug-likeness (QED) is 0.825. The molecule has 0 amide bonds. The van der Waals surface area contributed by atoms with Gasteiger partial charge < -0.3 is 5.32 Å². The summed E-state index contributed by atoms with van der Waals surface area (Å²) in [5.41, 5.74) is 4.53. The third-order valence-electron chi connectivity index (χ3n) is 3.47. The van der Waals surface area contributed by atoms with Crippen LogP contribution in [0, 0.1) is 13.8 Å². The first-order valence-electron chi connectivity index (χ1n) is 6.69. The zero-order chi connectivity index (χ0) is 14.9. The smallest absolute Gasteiger partial charge is 0.0649 e. The number of aryl methyl sites for hydroxylation is 2. The van der Waals surface area contributed by atoms with E-state index in [0.29, 0.717) is 0 Å². The van der Waals surface area contributed by atoms with Gasteiger partial charge in [-0.2, -0.15) is 5.10 Å². The zero-order valence-electron chi connectivity index (χ0n) is 12.2. The maximum Gasteiger partial charge on any atom is 0.0649 e. The highest BCUT2D eigenvalue weighted by Crippen LogP contribution is 2.31. The molecule has 5 heteroatoms. The lowest BCUT2D eigenvalue weighted by Gasteiger charge is -2.17. The SMILES string of the molecule is CCn1nc(C)c(C(C)Nc2cc(Cl)ccc2Br)c1C. The Labute approximate surface area is 133 Å². The van der Waals surface area contributed by atoms with Crippen LogP contribution in [0.25, 0.3) is 0 Å². The molecule has 2 aromatic rings. The van der Waals surface area contributed by atoms with Crippen molar-refractivity contribution in [2.45, 2.75) is 40.3 Å². The molecule has 0 aliphatic carbocycles. The number of nitrogens with zero attached hydrogens (tertiary/aromatic N) is 2. The van der Waals surface area contributed by atoms with Crippen LogP contribution < -0.4 is 5.32 Å². The van der Waals surface area contributed by atoms with E-state index in [1.165, 1.54) is 11.3 Å². The average Bonchev–Trinajstić information content (AvgIpc) is 2.68. The predicted molar refractivity (Wildman–Crippen MR) is 88.6 cm³/mol. The highest BCUT2D eigenvalue weighted by Gasteiger charge is 2.17. The highest BCUT2D eigenvalue weighted by molar-refractivity contribution is 9.10. The van der Waals surface area contributed by atoms with E-state index in [9.17, 15) is 0 Å². The van der Waals surface area contributed by atoms with Crippen LogP contribution in [-0.2, 0) is 6.54 Å². The number of aromatic nitrogens is 2. The van der Waals surface area contributed by atoms with Crippen molar-refractivity contribution in [2.75, 3.05) is 5.32 Å². The molecule has 108 valence electrons. The maximum atomic E-state index is 6.06. The Bertz CT molecular complexity index is 622. The van der Waals surface area contributed by atoms with Crippen molar-refractivity contribution in [2.24, 2.45) is 0 Å². The minimum atomic E-state index is 0.171. The van der Waals surface area contributed by atoms with Crippen molar-refractivity contribution >= 4 is 33.2 Å². The molecule has 0 radical (unpaired) electrons. The molecule has 1 N–H and O–H groups in total. The minimum absolute atomic E-state index is 0.171. The first-order chi connectivity index (χ1) is 9.43. The van der Waals surface area contributed by atoms with Gasteiger partial charge >= 0.3 is 0 Å². The third kappa shape index (κ3) is 3.01. The molecular weight excluding hydrogens is 338 g/mol. The second-order valence-corrected chi connectivity index (χ2v) is 6.18. The van der Waals surface area contributed by atoms with Gasteiger partial charge in [-0.1, -0.05) is 11.6 Å². The fourth-order valence-corrected chi connectivity index (χ4v) is 3.09. The van der Waals surface area contributed by atoms with Gasteiger partial charge in [-0.15, -0.1) is 0 Å². The summed E-state index contributed by atoms with van der Waals surface area (Å²) >= 11 is 9.60. The van der Waals surface area contributed by atoms with Crippen molar-refractivity contribution in [3.05, 3.63) is 44.6 Å². The molecule has 2 rings (SSSR count). The van der Waals surface area contributed by atoms with Crippen molar-refractivity contribution < 1.29 is 0 Å². The summed E-state index contributed by atoms with van der Waals surface area (Å²) in [5, 5.41) is 8.79. The van der Waals surface area contributed by atoms with Gasteiger partial charge in [-0.25, -0.2) is 0 Å². The topological polar surface area (TPSA) is 29.9 Å². The summed E-state index contributed by atoms with van der Waals surface area (Å²) in [6, 6.07) is 5.92. The lowest BCUT2D eigenvalue weighted by atomic mass is 10.1. The van der Waals surface area contributed by atoms with Crippen molar-refractivity contribution in [1.29, 1.82) is 0 Å². The van der Waals surface area contributed by atoms with Gasteiger partial charge in [0.05, 0.1) is 17.4 Å². The van der Waals surface area contributed by atoms with Crippen LogP contribution in [0.15, 0.2) is 22.7 Å². The summed E-state index contributed by atoms with van der Waals surface area (Å²) in [7, 11) is 0. The van der Waals surface area contributed by atoms with Crippen molar-refractivity contribution in [3.8, 4) is 0 Å². The first kappa shape index (κ1) is 15.4. The monoisotopic (exact) mass is 355 g/mol. The lowest BCUT2D eigenvalue weighted by molar-refractivity contribution is 0.632. The summed E-state index contributed by atoms with van der Waals surface area (Å²) in [5.74, 6) is 0. The second kappa shape index (κ2) is 6.19. The molecule has 1 atom stereocenters. The average molecular weight is 357 g/mol. The molecule has 1 aromatic heterocycles. The van der Waals surface area contributed by atoms with Crippen LogP contribution in [0.1, 0.15) is 36.8 Å². The number of benzene rings is 1. The molecule has 1 unspecified atom stereocenters. The maximum absolute atomic E-state index is 6.06. The number of hydrogen-bond donors (Lipinski definition) is 1. The molecular formula is C15H19BrClN3. The molecule has 1 heterocycles. The van der Waals surface area contributed by atoms with Crippen LogP contribution in [0.5, 0.6) is 0 Å². The molecule has 0 aliphatic heterocycles. The van der Waals surface area contributed by atoms with Crippen molar-refractivity contribution in [1.82, 2.24) is 9.78 Å². The van der Waals surface area contributed by atoms with E-state index in [-0.39, 0.29) is 6.04 Å². The predicted octanol–water partition coefficient (Wildman–Crippen LogP) is 5.11. The van der Waals surface area contributed by atoms with Gasteiger partial charge in [0.15, 0.2) is 0 Å². The van der Waals surface area contributed by atoms with Gasteiger partial charge in [0.25, 0.3) is 0 Å². The fourth-order valence-electron chi connectivity index (χ4n) is 2.56. The molecule has 20 heavy (non-hydrogen) atoms. The molecule has 0 fully saturated rings. The second-order valence-electron chi connectivity index (χ2n) is 4.89. The van der Waals surface area contributed by atoms with E-state index in [1.54, 1.807) is 0 Å². The molecule has 0 bridgehead atoms. The van der Waals surface area contributed by atoms with Gasteiger partial charge in [0.2, 0.25) is 0 Å². The van der Waals surface area contributed by atoms with E-state index in [0.717, 1.165) is 27.4 Å². The van der Waals surface area contributed by atoms with Gasteiger partial charge in [0.1, 0.15) is 0 Å². The van der Waals surface area contributed by atoms with Crippen LogP contribution in [0.2, 0.25) is 5.02 Å². The summed E-state index contributed by atoms with van der Waals surface area (Å²) in [6.45, 7) is 9.31. The largest absolute Gasteiger partial charge is 0.377 e. The van der Waals surface area contributed by atoms with Crippen molar-refractivity contribution in [3.63, 3.8) is 0 Å². The van der Waals surface area contributed by atoms with E-state index < -0.39 is 0 Å². The van der Waals surface area contributed by atoms with Gasteiger partial charge in [0, 0.05) is 27.3 Å². The van der Waals surface area contributed by atoms with Crippen LogP contribution in [-0.4, -0.2) is 9.78 Å². The normalized spacial score (nSPS) is 12.5. The lowest BCUT2D eigenvalue weighted by Crippen LogP contribution is -2.09. The molecule has 0 spiro atoms. The van der Waals surface area contributed by atoms with E-state index in [1.807, 2.05) is 22.9 Å². The molecule has 1 aromatic carbocycles. The Balaban J connectivity index is 2.30. The van der Waals surface area contributed by atoms with E-state index in [2.05, 4.69) is 54.0 Å². The Morgan fingerprint density at radius 2 is 2.10 bits per heavy atom. The Morgan fingerprint density at radius 3 is 2.70 bits per heavy atom. The molecule has 0 saturated heterocycles. The highest BCUT2D eigenvalue weighted by atomic mass is 79.9. The van der Waals surface area contributed by atoms with Gasteiger partial charge in [-0.05, 0) is 61.8 Å². The number of anilines is 1. The minimum Gasteiger partial charge on any atom is -0.377 e. The number of rotatable bonds is 4. The Hall–Kier alpha value is -1.000. The molecule has 0 aliphatic rings. The van der Waals surface area contributed by atoms with Crippen LogP contribution in [0.3, 0.4) is 0 Å². The fraction of sp³-hybridized carbons (Fsp3) is 0.400. The van der Waals surface area contributed by atoms with Crippen LogP contribution in [0.4, 0.5) is 5.69 Å². The standard InChI is InChI=1S/C15H19BrClN3/c1-5-20-11(4)15(10(3)19-20)9(2)18-14-8-12(17)6-7-13(14)16/h6-9,18H,5H2,1-4H3. The molecule has 0 saturated carbocycles. The number of nitrogens with one attached hydrogen (secondary N) is 1. The number of halogens is 2. The summed E-state index contributed by atoms with van der Waals surface area (Å²) < 4.78 is 3.04. The van der Waals surface area contributed by atoms with Gasteiger partial charge in [-0.3, -0.25) is 4.68 Å². The summed E-state index contributed by atoms with van der Waals surface area (Å²) in [6.07, 6.45) is 0. The van der Waals surface area contributed by atoms with E-state index >= 15 is 0 Å². The Kier molecular flexibility index (Phi) is 4.76.